The first-order valence-electron chi connectivity index (χ1n) is 16.2. The fourth-order valence-electron chi connectivity index (χ4n) is 3.78. The minimum absolute atomic E-state index is 0.245. The van der Waals surface area contributed by atoms with E-state index in [0.29, 0.717) is 0 Å². The average Bonchev–Trinajstić information content (AvgIpc) is 2.93. The maximum absolute atomic E-state index is 10.1. The summed E-state index contributed by atoms with van der Waals surface area (Å²) >= 11 is 0. The van der Waals surface area contributed by atoms with Crippen LogP contribution in [-0.4, -0.2) is 66.5 Å². The van der Waals surface area contributed by atoms with Crippen LogP contribution >= 0.6 is 0 Å². The predicted molar refractivity (Wildman–Crippen MR) is 172 cm³/mol. The number of unbranched alkanes of at least 4 members (excludes halogenated alkanes) is 15. The van der Waals surface area contributed by atoms with Crippen molar-refractivity contribution in [2.75, 3.05) is 0 Å². The molecule has 0 atom stereocenters. The molecule has 0 saturated carbocycles. The number of hydrogen-bond donors (Lipinski definition) is 6. The van der Waals surface area contributed by atoms with Gasteiger partial charge in [-0.15, -0.1) is 6.58 Å². The van der Waals surface area contributed by atoms with Gasteiger partial charge in [0, 0.05) is 38.5 Å². The van der Waals surface area contributed by atoms with Gasteiger partial charge < -0.3 is 30.6 Å². The Morgan fingerprint density at radius 1 is 0.333 bits per heavy atom. The minimum atomic E-state index is -0.740. The zero-order chi connectivity index (χ0) is 35.1. The molecule has 0 aromatic heterocycles. The lowest BCUT2D eigenvalue weighted by atomic mass is 10.1. The highest BCUT2D eigenvalue weighted by molar-refractivity contribution is 5.68. The minimum Gasteiger partial charge on any atom is -0.481 e. The number of carboxylic acids is 6. The molecular weight excluding hydrogens is 588 g/mol. The second kappa shape index (κ2) is 40.6. The molecule has 0 saturated heterocycles. The van der Waals surface area contributed by atoms with Gasteiger partial charge in [0.15, 0.2) is 0 Å². The van der Waals surface area contributed by atoms with Gasteiger partial charge in [-0.3, -0.25) is 28.8 Å². The highest BCUT2D eigenvalue weighted by atomic mass is 16.4. The largest absolute Gasteiger partial charge is 0.481 e. The molecule has 45 heavy (non-hydrogen) atoms. The molecule has 0 bridgehead atoms. The Kier molecular flexibility index (Phi) is 43.7. The molecule has 0 aliphatic carbocycles. The topological polar surface area (TPSA) is 224 Å². The van der Waals surface area contributed by atoms with Crippen LogP contribution in [0.4, 0.5) is 0 Å². The number of carbonyl (C=O) groups is 6. The first kappa shape index (κ1) is 48.5. The lowest BCUT2D eigenvalue weighted by Gasteiger charge is -1.98. The number of hydrogen-bond acceptors (Lipinski definition) is 6. The van der Waals surface area contributed by atoms with E-state index in [0.717, 1.165) is 116 Å². The van der Waals surface area contributed by atoms with Crippen molar-refractivity contribution in [3.63, 3.8) is 0 Å². The second-order valence-corrected chi connectivity index (χ2v) is 10.6. The monoisotopic (exact) mass is 648 g/mol. The van der Waals surface area contributed by atoms with Crippen molar-refractivity contribution in [2.24, 2.45) is 0 Å². The van der Waals surface area contributed by atoms with Crippen molar-refractivity contribution < 1.29 is 59.4 Å². The summed E-state index contributed by atoms with van der Waals surface area (Å²) in [5, 5.41) is 50.1. The Morgan fingerprint density at radius 3 is 0.511 bits per heavy atom. The molecule has 6 N–H and O–H groups in total. The Bertz CT molecular complexity index is 610. The van der Waals surface area contributed by atoms with Crippen molar-refractivity contribution >= 4 is 35.8 Å². The van der Waals surface area contributed by atoms with E-state index in [4.69, 9.17) is 30.6 Å². The maximum atomic E-state index is 10.1. The van der Waals surface area contributed by atoms with Crippen LogP contribution in [-0.2, 0) is 28.8 Å². The third-order valence-electron chi connectivity index (χ3n) is 6.09. The molecule has 0 heterocycles. The molecule has 12 nitrogen and oxygen atoms in total. The van der Waals surface area contributed by atoms with Gasteiger partial charge >= 0.3 is 35.8 Å². The van der Waals surface area contributed by atoms with E-state index in [1.54, 1.807) is 6.08 Å². The van der Waals surface area contributed by atoms with E-state index in [1.165, 1.54) is 0 Å². The molecule has 12 heteroatoms. The van der Waals surface area contributed by atoms with E-state index < -0.39 is 35.8 Å². The Balaban J connectivity index is -0.000000268. The molecule has 0 rings (SSSR count). The van der Waals surface area contributed by atoms with Gasteiger partial charge in [-0.2, -0.15) is 0 Å². The average molecular weight is 649 g/mol. The standard InChI is InChI=1S/3C10H18O4.C3H6/c3*11-9(12)7-5-3-1-2-4-6-8-10(13)14;1-3-2/h3*1-8H2,(H,11,12)(H,13,14);3H,1H2,2H3. The van der Waals surface area contributed by atoms with Crippen LogP contribution in [0.2, 0.25) is 0 Å². The molecule has 0 aliphatic rings. The van der Waals surface area contributed by atoms with Crippen molar-refractivity contribution in [1.29, 1.82) is 0 Å². The normalized spacial score (nSPS) is 9.62. The van der Waals surface area contributed by atoms with Gasteiger partial charge in [0.1, 0.15) is 0 Å². The van der Waals surface area contributed by atoms with Crippen LogP contribution in [0.25, 0.3) is 0 Å². The Hall–Kier alpha value is -3.44. The van der Waals surface area contributed by atoms with Crippen molar-refractivity contribution in [3.05, 3.63) is 12.7 Å². The highest BCUT2D eigenvalue weighted by Crippen LogP contribution is 2.10. The fourth-order valence-corrected chi connectivity index (χ4v) is 3.78. The molecule has 0 spiro atoms. The lowest BCUT2D eigenvalue weighted by Crippen LogP contribution is -1.94. The first-order valence-corrected chi connectivity index (χ1v) is 16.2. The summed E-state index contributed by atoms with van der Waals surface area (Å²) in [6, 6.07) is 0. The van der Waals surface area contributed by atoms with Crippen LogP contribution < -0.4 is 0 Å². The van der Waals surface area contributed by atoms with Gasteiger partial charge in [0.05, 0.1) is 0 Å². The van der Waals surface area contributed by atoms with E-state index in [9.17, 15) is 28.8 Å². The van der Waals surface area contributed by atoms with Gasteiger partial charge in [-0.25, -0.2) is 0 Å². The molecule has 0 aromatic rings. The number of allylic oxidation sites excluding steroid dienone is 1. The van der Waals surface area contributed by atoms with Gasteiger partial charge in [0.25, 0.3) is 0 Å². The Morgan fingerprint density at radius 2 is 0.422 bits per heavy atom. The van der Waals surface area contributed by atoms with Crippen molar-refractivity contribution in [2.45, 2.75) is 161 Å². The zero-order valence-electron chi connectivity index (χ0n) is 27.4. The molecule has 0 radical (unpaired) electrons. The smallest absolute Gasteiger partial charge is 0.303 e. The fraction of sp³-hybridized carbons (Fsp3) is 0.758. The van der Waals surface area contributed by atoms with E-state index in [1.807, 2.05) is 6.92 Å². The number of rotatable bonds is 27. The summed E-state index contributed by atoms with van der Waals surface area (Å²) in [6.45, 7) is 5.25. The quantitative estimate of drug-likeness (QED) is 0.0368. The van der Waals surface area contributed by atoms with Gasteiger partial charge in [-0.05, 0) is 45.4 Å². The van der Waals surface area contributed by atoms with Gasteiger partial charge in [0.2, 0.25) is 0 Å². The molecule has 0 fully saturated rings. The SMILES string of the molecule is C=CC.O=C(O)CCCCCCCCC(=O)O.O=C(O)CCCCCCCCC(=O)O.O=C(O)CCCCCCCCC(=O)O. The first-order chi connectivity index (χ1) is 21.3. The van der Waals surface area contributed by atoms with Crippen molar-refractivity contribution in [1.82, 2.24) is 0 Å². The molecule has 0 aliphatic heterocycles. The van der Waals surface area contributed by atoms with Crippen LogP contribution in [0.1, 0.15) is 161 Å². The third kappa shape index (κ3) is 69.0. The summed E-state index contributed by atoms with van der Waals surface area (Å²) in [7, 11) is 0. The summed E-state index contributed by atoms with van der Waals surface area (Å²) < 4.78 is 0. The van der Waals surface area contributed by atoms with Crippen LogP contribution in [0, 0.1) is 0 Å². The van der Waals surface area contributed by atoms with Crippen LogP contribution in [0.15, 0.2) is 12.7 Å². The van der Waals surface area contributed by atoms with E-state index >= 15 is 0 Å². The summed E-state index contributed by atoms with van der Waals surface area (Å²) in [4.78, 5) is 60.9. The molecule has 264 valence electrons. The second-order valence-electron chi connectivity index (χ2n) is 10.6. The summed E-state index contributed by atoms with van der Waals surface area (Å²) in [5.74, 6) is -4.44. The molecule has 0 unspecified atom stereocenters. The molecule has 0 aromatic carbocycles. The lowest BCUT2D eigenvalue weighted by molar-refractivity contribution is -0.138. The Labute approximate surface area is 268 Å². The van der Waals surface area contributed by atoms with Crippen LogP contribution in [0.5, 0.6) is 0 Å². The summed E-state index contributed by atoms with van der Waals surface area (Å²) in [6.07, 6.45) is 19.2. The third-order valence-corrected chi connectivity index (χ3v) is 6.09. The van der Waals surface area contributed by atoms with E-state index in [-0.39, 0.29) is 38.5 Å². The van der Waals surface area contributed by atoms with Gasteiger partial charge in [-0.1, -0.05) is 83.1 Å². The maximum Gasteiger partial charge on any atom is 0.303 e. The summed E-state index contributed by atoms with van der Waals surface area (Å²) in [5.41, 5.74) is 0. The molecule has 0 amide bonds. The predicted octanol–water partition coefficient (Wildman–Crippen LogP) is 8.02. The van der Waals surface area contributed by atoms with Crippen LogP contribution in [0.3, 0.4) is 0 Å². The number of aliphatic carboxylic acids is 6. The van der Waals surface area contributed by atoms with Crippen molar-refractivity contribution in [3.8, 4) is 0 Å². The highest BCUT2D eigenvalue weighted by Gasteiger charge is 2.00. The zero-order valence-corrected chi connectivity index (χ0v) is 27.4. The number of carboxylic acid groups (broad SMARTS) is 6. The molecular formula is C33H60O12. The van der Waals surface area contributed by atoms with E-state index in [2.05, 4.69) is 6.58 Å².